The van der Waals surface area contributed by atoms with Gasteiger partial charge in [-0.05, 0) is 23.4 Å². The molecule has 0 atom stereocenters. The van der Waals surface area contributed by atoms with Crippen molar-refractivity contribution in [3.63, 3.8) is 0 Å². The van der Waals surface area contributed by atoms with Gasteiger partial charge in [0.2, 0.25) is 0 Å². The van der Waals surface area contributed by atoms with E-state index in [1.165, 1.54) is 17.8 Å². The average Bonchev–Trinajstić information content (AvgIpc) is 2.91. The molecule has 102 valence electrons. The molecule has 0 bridgehead atoms. The Balaban J connectivity index is 2.07. The summed E-state index contributed by atoms with van der Waals surface area (Å²) in [6, 6.07) is 5.09. The smallest absolute Gasteiger partial charge is 0.170 e. The maximum Gasteiger partial charge on any atom is 0.170 e. The fourth-order valence-electron chi connectivity index (χ4n) is 1.61. The van der Waals surface area contributed by atoms with Crippen molar-refractivity contribution in [1.82, 2.24) is 15.3 Å². The fourth-order valence-corrected chi connectivity index (χ4v) is 2.48. The van der Waals surface area contributed by atoms with E-state index in [4.69, 9.17) is 4.74 Å². The van der Waals surface area contributed by atoms with Crippen LogP contribution in [0.4, 0.5) is 4.39 Å². The first-order chi connectivity index (χ1) is 9.31. The Morgan fingerprint density at radius 1 is 1.47 bits per heavy atom. The Hall–Kier alpha value is -1.37. The van der Waals surface area contributed by atoms with Gasteiger partial charge in [-0.25, -0.2) is 9.37 Å². The second-order valence-corrected chi connectivity index (χ2v) is 4.89. The van der Waals surface area contributed by atoms with Crippen LogP contribution in [0.3, 0.4) is 0 Å². The first-order valence-electron chi connectivity index (χ1n) is 5.95. The number of hydrogen-bond donors (Lipinski definition) is 2. The van der Waals surface area contributed by atoms with Gasteiger partial charge in [0, 0.05) is 32.6 Å². The summed E-state index contributed by atoms with van der Waals surface area (Å²) in [5, 5.41) is 3.90. The highest BCUT2D eigenvalue weighted by molar-refractivity contribution is 7.99. The van der Waals surface area contributed by atoms with Crippen LogP contribution in [-0.4, -0.2) is 30.2 Å². The van der Waals surface area contributed by atoms with Crippen molar-refractivity contribution in [2.24, 2.45) is 0 Å². The molecule has 1 aromatic heterocycles. The molecule has 0 unspecified atom stereocenters. The van der Waals surface area contributed by atoms with E-state index < -0.39 is 0 Å². The molecule has 19 heavy (non-hydrogen) atoms. The predicted octanol–water partition coefficient (Wildman–Crippen LogP) is 2.44. The second-order valence-electron chi connectivity index (χ2n) is 3.89. The van der Waals surface area contributed by atoms with Gasteiger partial charge in [0.05, 0.1) is 11.5 Å². The van der Waals surface area contributed by atoms with E-state index in [1.54, 1.807) is 25.6 Å². The van der Waals surface area contributed by atoms with Gasteiger partial charge >= 0.3 is 0 Å². The third-order valence-corrected chi connectivity index (χ3v) is 3.60. The number of aromatic nitrogens is 2. The van der Waals surface area contributed by atoms with Crippen molar-refractivity contribution in [1.29, 1.82) is 0 Å². The number of ether oxygens (including phenoxy) is 1. The van der Waals surface area contributed by atoms with E-state index in [2.05, 4.69) is 15.3 Å². The van der Waals surface area contributed by atoms with Crippen molar-refractivity contribution in [2.75, 3.05) is 20.3 Å². The van der Waals surface area contributed by atoms with Crippen molar-refractivity contribution < 1.29 is 9.13 Å². The highest BCUT2D eigenvalue weighted by atomic mass is 32.2. The standard InChI is InChI=1S/C13H16FN3OS/c1-18-8-7-15-9-10-3-2-4-11(14)12(10)19-13-16-5-6-17-13/h2-6,15H,7-9H2,1H3,(H,16,17). The fraction of sp³-hybridized carbons (Fsp3) is 0.308. The number of nitrogens with one attached hydrogen (secondary N) is 2. The van der Waals surface area contributed by atoms with Crippen LogP contribution in [0, 0.1) is 5.82 Å². The van der Waals surface area contributed by atoms with E-state index in [0.717, 1.165) is 12.1 Å². The number of H-pyrrole nitrogens is 1. The quantitative estimate of drug-likeness (QED) is 0.765. The molecule has 0 aliphatic heterocycles. The molecule has 4 nitrogen and oxygen atoms in total. The third-order valence-electron chi connectivity index (χ3n) is 2.52. The van der Waals surface area contributed by atoms with Gasteiger partial charge in [0.15, 0.2) is 5.16 Å². The molecule has 2 N–H and O–H groups in total. The van der Waals surface area contributed by atoms with Gasteiger partial charge in [0.25, 0.3) is 0 Å². The Bertz CT molecular complexity index is 505. The second kappa shape index (κ2) is 7.28. The lowest BCUT2D eigenvalue weighted by atomic mass is 10.2. The predicted molar refractivity (Wildman–Crippen MR) is 72.7 cm³/mol. The minimum Gasteiger partial charge on any atom is -0.383 e. The molecule has 0 fully saturated rings. The molecule has 0 spiro atoms. The zero-order chi connectivity index (χ0) is 13.5. The van der Waals surface area contributed by atoms with Gasteiger partial charge in [0.1, 0.15) is 5.82 Å². The van der Waals surface area contributed by atoms with Crippen LogP contribution in [0.5, 0.6) is 0 Å². The van der Waals surface area contributed by atoms with Crippen LogP contribution >= 0.6 is 11.8 Å². The first-order valence-corrected chi connectivity index (χ1v) is 6.77. The van der Waals surface area contributed by atoms with Crippen molar-refractivity contribution >= 4 is 11.8 Å². The van der Waals surface area contributed by atoms with Crippen LogP contribution in [0.2, 0.25) is 0 Å². The maximum absolute atomic E-state index is 13.9. The number of benzene rings is 1. The van der Waals surface area contributed by atoms with Crippen LogP contribution in [0.15, 0.2) is 40.6 Å². The molecule has 1 aromatic carbocycles. The molecule has 2 rings (SSSR count). The minimum absolute atomic E-state index is 0.229. The Labute approximate surface area is 115 Å². The van der Waals surface area contributed by atoms with Gasteiger partial charge in [-0.15, -0.1) is 0 Å². The normalized spacial score (nSPS) is 10.8. The highest BCUT2D eigenvalue weighted by Crippen LogP contribution is 2.30. The summed E-state index contributed by atoms with van der Waals surface area (Å²) in [7, 11) is 1.65. The lowest BCUT2D eigenvalue weighted by Crippen LogP contribution is -2.19. The highest BCUT2D eigenvalue weighted by Gasteiger charge is 2.11. The number of methoxy groups -OCH3 is 1. The van der Waals surface area contributed by atoms with E-state index in [0.29, 0.717) is 23.2 Å². The van der Waals surface area contributed by atoms with Crippen LogP contribution in [-0.2, 0) is 11.3 Å². The molecule has 6 heteroatoms. The summed E-state index contributed by atoms with van der Waals surface area (Å²) in [5.74, 6) is -0.229. The molecule has 0 aliphatic rings. The zero-order valence-corrected chi connectivity index (χ0v) is 11.5. The Morgan fingerprint density at radius 2 is 2.37 bits per heavy atom. The molecule has 0 radical (unpaired) electrons. The van der Waals surface area contributed by atoms with Crippen molar-refractivity contribution in [2.45, 2.75) is 16.6 Å². The molecule has 0 saturated heterocycles. The van der Waals surface area contributed by atoms with Crippen molar-refractivity contribution in [3.8, 4) is 0 Å². The zero-order valence-electron chi connectivity index (χ0n) is 10.6. The summed E-state index contributed by atoms with van der Waals surface area (Å²) in [6.07, 6.45) is 3.37. The van der Waals surface area contributed by atoms with Gasteiger partial charge in [-0.3, -0.25) is 0 Å². The lowest BCUT2D eigenvalue weighted by molar-refractivity contribution is 0.199. The number of aromatic amines is 1. The van der Waals surface area contributed by atoms with E-state index in [9.17, 15) is 4.39 Å². The first kappa shape index (κ1) is 14.0. The Kier molecular flexibility index (Phi) is 5.38. The summed E-state index contributed by atoms with van der Waals surface area (Å²) in [6.45, 7) is 1.97. The van der Waals surface area contributed by atoms with Crippen LogP contribution < -0.4 is 5.32 Å². The number of rotatable bonds is 7. The topological polar surface area (TPSA) is 49.9 Å². The number of nitrogens with zero attached hydrogens (tertiary/aromatic N) is 1. The van der Waals surface area contributed by atoms with Crippen LogP contribution in [0.1, 0.15) is 5.56 Å². The lowest BCUT2D eigenvalue weighted by Gasteiger charge is -2.10. The molecule has 1 heterocycles. The maximum atomic E-state index is 13.9. The van der Waals surface area contributed by atoms with Crippen LogP contribution in [0.25, 0.3) is 0 Å². The summed E-state index contributed by atoms with van der Waals surface area (Å²) >= 11 is 1.30. The van der Waals surface area contributed by atoms with Gasteiger partial charge < -0.3 is 15.0 Å². The average molecular weight is 281 g/mol. The molecule has 0 amide bonds. The van der Waals surface area contributed by atoms with E-state index in [-0.39, 0.29) is 5.82 Å². The summed E-state index contributed by atoms with van der Waals surface area (Å²) in [4.78, 5) is 7.66. The summed E-state index contributed by atoms with van der Waals surface area (Å²) in [5.41, 5.74) is 0.914. The molecular formula is C13H16FN3OS. The summed E-state index contributed by atoms with van der Waals surface area (Å²) < 4.78 is 18.9. The molecular weight excluding hydrogens is 265 g/mol. The van der Waals surface area contributed by atoms with E-state index in [1.807, 2.05) is 6.07 Å². The number of hydrogen-bond acceptors (Lipinski definition) is 4. The monoisotopic (exact) mass is 281 g/mol. The Morgan fingerprint density at radius 3 is 3.11 bits per heavy atom. The number of imidazole rings is 1. The molecule has 2 aromatic rings. The van der Waals surface area contributed by atoms with E-state index >= 15 is 0 Å². The van der Waals surface area contributed by atoms with Gasteiger partial charge in [-0.2, -0.15) is 0 Å². The third kappa shape index (κ3) is 4.05. The molecule has 0 saturated carbocycles. The minimum atomic E-state index is -0.229. The number of halogens is 1. The van der Waals surface area contributed by atoms with Crippen molar-refractivity contribution in [3.05, 3.63) is 42.0 Å². The van der Waals surface area contributed by atoms with Gasteiger partial charge in [-0.1, -0.05) is 12.1 Å². The SMILES string of the molecule is COCCNCc1cccc(F)c1Sc1ncc[nH]1. The largest absolute Gasteiger partial charge is 0.383 e. The molecule has 0 aliphatic carbocycles.